The van der Waals surface area contributed by atoms with Gasteiger partial charge in [0.25, 0.3) is 0 Å². The first kappa shape index (κ1) is 15.6. The highest BCUT2D eigenvalue weighted by atomic mass is 35.5. The van der Waals surface area contributed by atoms with Gasteiger partial charge in [0.1, 0.15) is 0 Å². The lowest BCUT2D eigenvalue weighted by molar-refractivity contribution is 0.154. The van der Waals surface area contributed by atoms with E-state index in [1.807, 2.05) is 11.7 Å². The molecule has 0 aliphatic carbocycles. The molecule has 1 N–H and O–H groups in total. The average molecular weight is 301 g/mol. The molecule has 0 aromatic carbocycles. The SMILES string of the molecule is COc1c(CN2CCC3NCCC3C2)c(C)nn1C.Cl. The molecule has 1 aromatic heterocycles. The molecule has 0 bridgehead atoms. The summed E-state index contributed by atoms with van der Waals surface area (Å²) in [6.45, 7) is 6.60. The number of piperidine rings is 1. The molecule has 1 aromatic rings. The predicted molar refractivity (Wildman–Crippen MR) is 81.5 cm³/mol. The first-order chi connectivity index (χ1) is 9.19. The quantitative estimate of drug-likeness (QED) is 0.915. The maximum atomic E-state index is 5.49. The Morgan fingerprint density at radius 1 is 1.40 bits per heavy atom. The van der Waals surface area contributed by atoms with Crippen molar-refractivity contribution in [2.45, 2.75) is 32.4 Å². The van der Waals surface area contributed by atoms with E-state index in [2.05, 4.69) is 22.2 Å². The number of halogens is 1. The van der Waals surface area contributed by atoms with Gasteiger partial charge >= 0.3 is 0 Å². The van der Waals surface area contributed by atoms with Gasteiger partial charge in [0.2, 0.25) is 5.88 Å². The maximum absolute atomic E-state index is 5.49. The van der Waals surface area contributed by atoms with Crippen LogP contribution in [0.3, 0.4) is 0 Å². The summed E-state index contributed by atoms with van der Waals surface area (Å²) in [4.78, 5) is 2.56. The van der Waals surface area contributed by atoms with Crippen molar-refractivity contribution in [1.82, 2.24) is 20.0 Å². The minimum Gasteiger partial charge on any atom is -0.481 e. The second-order valence-electron chi connectivity index (χ2n) is 5.83. The van der Waals surface area contributed by atoms with E-state index < -0.39 is 0 Å². The van der Waals surface area contributed by atoms with Crippen molar-refractivity contribution in [2.75, 3.05) is 26.7 Å². The second-order valence-corrected chi connectivity index (χ2v) is 5.83. The van der Waals surface area contributed by atoms with Crippen molar-refractivity contribution < 1.29 is 4.74 Å². The van der Waals surface area contributed by atoms with E-state index in [4.69, 9.17) is 4.74 Å². The van der Waals surface area contributed by atoms with Crippen LogP contribution in [0.4, 0.5) is 0 Å². The lowest BCUT2D eigenvalue weighted by atomic mass is 9.93. The fourth-order valence-corrected chi connectivity index (χ4v) is 3.61. The first-order valence-corrected chi connectivity index (χ1v) is 7.21. The molecule has 6 heteroatoms. The largest absolute Gasteiger partial charge is 0.481 e. The molecular weight excluding hydrogens is 276 g/mol. The summed E-state index contributed by atoms with van der Waals surface area (Å²) < 4.78 is 7.33. The summed E-state index contributed by atoms with van der Waals surface area (Å²) in [6, 6.07) is 0.758. The van der Waals surface area contributed by atoms with E-state index in [-0.39, 0.29) is 12.4 Å². The molecule has 3 rings (SSSR count). The van der Waals surface area contributed by atoms with Crippen LogP contribution in [0.15, 0.2) is 0 Å². The van der Waals surface area contributed by atoms with E-state index in [1.165, 1.54) is 38.0 Å². The number of nitrogens with one attached hydrogen (secondary N) is 1. The normalized spacial score (nSPS) is 26.1. The van der Waals surface area contributed by atoms with Crippen LogP contribution in [0, 0.1) is 12.8 Å². The predicted octanol–water partition coefficient (Wildman–Crippen LogP) is 1.34. The number of aryl methyl sites for hydroxylation is 2. The van der Waals surface area contributed by atoms with Crippen LogP contribution in [0.1, 0.15) is 24.1 Å². The Hall–Kier alpha value is -0.780. The number of hydrogen-bond acceptors (Lipinski definition) is 4. The third-order valence-electron chi connectivity index (χ3n) is 4.60. The van der Waals surface area contributed by atoms with Crippen molar-refractivity contribution >= 4 is 12.4 Å². The number of ether oxygens (including phenoxy) is 1. The maximum Gasteiger partial charge on any atom is 0.216 e. The molecule has 2 aliphatic rings. The smallest absolute Gasteiger partial charge is 0.216 e. The van der Waals surface area contributed by atoms with Crippen LogP contribution < -0.4 is 10.1 Å². The Morgan fingerprint density at radius 3 is 2.95 bits per heavy atom. The average Bonchev–Trinajstić information content (AvgIpc) is 2.94. The van der Waals surface area contributed by atoms with Crippen LogP contribution in [-0.2, 0) is 13.6 Å². The Balaban J connectivity index is 0.00000147. The molecule has 2 saturated heterocycles. The zero-order valence-electron chi connectivity index (χ0n) is 12.6. The van der Waals surface area contributed by atoms with Gasteiger partial charge in [-0.25, -0.2) is 4.68 Å². The highest BCUT2D eigenvalue weighted by Crippen LogP contribution is 2.28. The Morgan fingerprint density at radius 2 is 2.20 bits per heavy atom. The fraction of sp³-hybridized carbons (Fsp3) is 0.786. The van der Waals surface area contributed by atoms with Crippen molar-refractivity contribution in [3.8, 4) is 5.88 Å². The van der Waals surface area contributed by atoms with Crippen molar-refractivity contribution in [2.24, 2.45) is 13.0 Å². The molecule has 2 unspecified atom stereocenters. The highest BCUT2D eigenvalue weighted by molar-refractivity contribution is 5.85. The monoisotopic (exact) mass is 300 g/mol. The van der Waals surface area contributed by atoms with E-state index in [0.717, 1.165) is 30.1 Å². The molecule has 0 saturated carbocycles. The molecule has 2 aliphatic heterocycles. The molecule has 2 atom stereocenters. The Kier molecular flexibility index (Phi) is 4.94. The number of fused-ring (bicyclic) bond motifs is 1. The lowest BCUT2D eigenvalue weighted by Crippen LogP contribution is -2.44. The van der Waals surface area contributed by atoms with E-state index in [1.54, 1.807) is 7.11 Å². The van der Waals surface area contributed by atoms with Crippen LogP contribution in [0.2, 0.25) is 0 Å². The first-order valence-electron chi connectivity index (χ1n) is 7.21. The van der Waals surface area contributed by atoms with Gasteiger partial charge in [-0.2, -0.15) is 5.10 Å². The summed E-state index contributed by atoms with van der Waals surface area (Å²) in [6.07, 6.45) is 2.59. The van der Waals surface area contributed by atoms with Crippen LogP contribution in [-0.4, -0.2) is 47.5 Å². The van der Waals surface area contributed by atoms with Gasteiger partial charge in [-0.15, -0.1) is 12.4 Å². The number of methoxy groups -OCH3 is 1. The fourth-order valence-electron chi connectivity index (χ4n) is 3.61. The van der Waals surface area contributed by atoms with Crippen molar-refractivity contribution in [3.63, 3.8) is 0 Å². The van der Waals surface area contributed by atoms with Gasteiger partial charge in [0.05, 0.1) is 18.4 Å². The third-order valence-corrected chi connectivity index (χ3v) is 4.60. The number of nitrogens with zero attached hydrogens (tertiary/aromatic N) is 3. The zero-order chi connectivity index (χ0) is 13.4. The number of hydrogen-bond donors (Lipinski definition) is 1. The van der Waals surface area contributed by atoms with Gasteiger partial charge in [0, 0.05) is 26.2 Å². The molecular formula is C14H25ClN4O. The van der Waals surface area contributed by atoms with Crippen LogP contribution >= 0.6 is 12.4 Å². The van der Waals surface area contributed by atoms with E-state index >= 15 is 0 Å². The number of likely N-dealkylation sites (tertiary alicyclic amines) is 1. The molecule has 114 valence electrons. The molecule has 0 amide bonds. The topological polar surface area (TPSA) is 42.3 Å². The third kappa shape index (κ3) is 2.80. The number of aromatic nitrogens is 2. The van der Waals surface area contributed by atoms with Gasteiger partial charge in [-0.05, 0) is 38.8 Å². The standard InChI is InChI=1S/C14H24N4O.ClH/c1-10-12(14(19-3)17(2)16-10)9-18-7-5-13-11(8-18)4-6-15-13;/h11,13,15H,4-9H2,1-3H3;1H. The lowest BCUT2D eigenvalue weighted by Gasteiger charge is -2.34. The van der Waals surface area contributed by atoms with Crippen molar-refractivity contribution in [1.29, 1.82) is 0 Å². The number of rotatable bonds is 3. The summed E-state index contributed by atoms with van der Waals surface area (Å²) >= 11 is 0. The van der Waals surface area contributed by atoms with Crippen molar-refractivity contribution in [3.05, 3.63) is 11.3 Å². The molecule has 0 spiro atoms. The van der Waals surface area contributed by atoms with Gasteiger partial charge in [0.15, 0.2) is 0 Å². The van der Waals surface area contributed by atoms with E-state index in [0.29, 0.717) is 0 Å². The van der Waals surface area contributed by atoms with E-state index in [9.17, 15) is 0 Å². The second kappa shape index (κ2) is 6.33. The van der Waals surface area contributed by atoms with Gasteiger partial charge in [-0.3, -0.25) is 4.90 Å². The molecule has 5 nitrogen and oxygen atoms in total. The minimum absolute atomic E-state index is 0. The van der Waals surface area contributed by atoms with Crippen LogP contribution in [0.5, 0.6) is 5.88 Å². The van der Waals surface area contributed by atoms with Gasteiger partial charge in [-0.1, -0.05) is 0 Å². The summed E-state index contributed by atoms with van der Waals surface area (Å²) in [5.41, 5.74) is 2.33. The summed E-state index contributed by atoms with van der Waals surface area (Å²) in [5, 5.41) is 8.08. The summed E-state index contributed by atoms with van der Waals surface area (Å²) in [5.74, 6) is 1.74. The Labute approximate surface area is 127 Å². The zero-order valence-corrected chi connectivity index (χ0v) is 13.4. The Bertz CT molecular complexity index is 462. The molecule has 0 radical (unpaired) electrons. The molecule has 20 heavy (non-hydrogen) atoms. The highest BCUT2D eigenvalue weighted by Gasteiger charge is 2.33. The summed E-state index contributed by atoms with van der Waals surface area (Å²) in [7, 11) is 3.68. The van der Waals surface area contributed by atoms with Crippen LogP contribution in [0.25, 0.3) is 0 Å². The van der Waals surface area contributed by atoms with Gasteiger partial charge < -0.3 is 10.1 Å². The minimum atomic E-state index is 0. The molecule has 3 heterocycles. The molecule has 2 fully saturated rings.